The van der Waals surface area contributed by atoms with Gasteiger partial charge in [-0.15, -0.1) is 0 Å². The van der Waals surface area contributed by atoms with Crippen LogP contribution >= 0.6 is 0 Å². The molecule has 2 N–H and O–H groups in total. The van der Waals surface area contributed by atoms with Gasteiger partial charge in [0.15, 0.2) is 5.75 Å². The highest BCUT2D eigenvalue weighted by molar-refractivity contribution is 5.98. The van der Waals surface area contributed by atoms with E-state index in [0.29, 0.717) is 11.4 Å². The molecule has 0 saturated heterocycles. The Balaban J connectivity index is 2.50. The maximum atomic E-state index is 10.2. The van der Waals surface area contributed by atoms with Crippen molar-refractivity contribution in [3.8, 4) is 17.0 Å². The minimum Gasteiger partial charge on any atom is -0.504 e. The van der Waals surface area contributed by atoms with Gasteiger partial charge in [0, 0.05) is 12.6 Å². The quantitative estimate of drug-likeness (QED) is 0.821. The van der Waals surface area contributed by atoms with Crippen molar-refractivity contribution in [3.63, 3.8) is 0 Å². The zero-order valence-corrected chi connectivity index (χ0v) is 12.7. The van der Waals surface area contributed by atoms with Gasteiger partial charge in [-0.3, -0.25) is 4.68 Å². The average Bonchev–Trinajstić information content (AvgIpc) is 2.64. The van der Waals surface area contributed by atoms with Gasteiger partial charge in [0.1, 0.15) is 11.4 Å². The van der Waals surface area contributed by atoms with Gasteiger partial charge in [-0.2, -0.15) is 5.10 Å². The van der Waals surface area contributed by atoms with Gasteiger partial charge in [-0.25, -0.2) is 0 Å². The monoisotopic (exact) mass is 271 g/mol. The molecule has 0 amide bonds. The second kappa shape index (κ2) is 4.78. The summed E-state index contributed by atoms with van der Waals surface area (Å²) in [4.78, 5) is 0. The van der Waals surface area contributed by atoms with E-state index in [4.69, 9.17) is 5.41 Å². The summed E-state index contributed by atoms with van der Waals surface area (Å²) in [5.74, 6) is 0.0727. The lowest BCUT2D eigenvalue weighted by molar-refractivity contribution is 0.475. The van der Waals surface area contributed by atoms with Crippen LogP contribution in [0.25, 0.3) is 11.3 Å². The molecule has 2 aromatic rings. The van der Waals surface area contributed by atoms with E-state index < -0.39 is 0 Å². The molecule has 4 heteroatoms. The second-order valence-electron chi connectivity index (χ2n) is 6.12. The molecular weight excluding hydrogens is 250 g/mol. The van der Waals surface area contributed by atoms with E-state index in [1.165, 1.54) is 5.56 Å². The Labute approximate surface area is 119 Å². The normalized spacial score (nSPS) is 11.7. The molecule has 2 rings (SSSR count). The molecule has 0 unspecified atom stereocenters. The highest BCUT2D eigenvalue weighted by Gasteiger charge is 2.19. The minimum atomic E-state index is 0.0727. The molecule has 1 aromatic carbocycles. The molecule has 0 radical (unpaired) electrons. The lowest BCUT2D eigenvalue weighted by Gasteiger charge is -2.19. The summed E-state index contributed by atoms with van der Waals surface area (Å²) in [5, 5.41) is 22.1. The molecule has 0 spiro atoms. The number of benzene rings is 1. The van der Waals surface area contributed by atoms with Crippen molar-refractivity contribution in [1.82, 2.24) is 9.78 Å². The molecule has 0 fully saturated rings. The van der Waals surface area contributed by atoms with E-state index in [1.54, 1.807) is 18.7 Å². The molecule has 0 aliphatic carbocycles. The van der Waals surface area contributed by atoms with Crippen molar-refractivity contribution < 1.29 is 5.11 Å². The van der Waals surface area contributed by atoms with Crippen LogP contribution in [0.1, 0.15) is 39.0 Å². The predicted molar refractivity (Wildman–Crippen MR) is 81.5 cm³/mol. The molecule has 0 bridgehead atoms. The number of aryl methyl sites for hydroxylation is 1. The van der Waals surface area contributed by atoms with E-state index in [9.17, 15) is 5.11 Å². The molecule has 1 aromatic heterocycles. The van der Waals surface area contributed by atoms with Crippen LogP contribution in [0.2, 0.25) is 0 Å². The standard InChI is InChI=1S/C16H21N3O/c1-10(17)13-15(20)14(19(5)18-13)11-6-8-12(9-7-11)16(2,3)4/h6-9,17,20H,1-5H3. The van der Waals surface area contributed by atoms with E-state index in [1.807, 2.05) is 12.1 Å². The summed E-state index contributed by atoms with van der Waals surface area (Å²) in [6, 6.07) is 8.11. The topological polar surface area (TPSA) is 61.9 Å². The summed E-state index contributed by atoms with van der Waals surface area (Å²) in [6.45, 7) is 8.12. The molecule has 20 heavy (non-hydrogen) atoms. The van der Waals surface area contributed by atoms with Gasteiger partial charge in [0.25, 0.3) is 0 Å². The van der Waals surface area contributed by atoms with Gasteiger partial charge in [0.05, 0.1) is 5.71 Å². The van der Waals surface area contributed by atoms with Gasteiger partial charge in [0.2, 0.25) is 0 Å². The predicted octanol–water partition coefficient (Wildman–Crippen LogP) is 3.48. The number of hydrogen-bond donors (Lipinski definition) is 2. The first-order valence-electron chi connectivity index (χ1n) is 6.64. The van der Waals surface area contributed by atoms with E-state index in [-0.39, 0.29) is 16.9 Å². The number of rotatable bonds is 2. The fraction of sp³-hybridized carbons (Fsp3) is 0.375. The Bertz CT molecular complexity index is 646. The maximum Gasteiger partial charge on any atom is 0.171 e. The van der Waals surface area contributed by atoms with Crippen molar-refractivity contribution in [1.29, 1.82) is 5.41 Å². The van der Waals surface area contributed by atoms with Gasteiger partial charge in [-0.05, 0) is 17.9 Å². The molecule has 106 valence electrons. The van der Waals surface area contributed by atoms with Crippen LogP contribution in [0.4, 0.5) is 0 Å². The lowest BCUT2D eigenvalue weighted by Crippen LogP contribution is -2.10. The number of nitrogens with one attached hydrogen (secondary N) is 1. The molecular formula is C16H21N3O. The minimum absolute atomic E-state index is 0.0727. The maximum absolute atomic E-state index is 10.2. The third-order valence-electron chi connectivity index (χ3n) is 3.40. The zero-order valence-electron chi connectivity index (χ0n) is 12.7. The Kier molecular flexibility index (Phi) is 3.42. The average molecular weight is 271 g/mol. The Morgan fingerprint density at radius 1 is 1.20 bits per heavy atom. The van der Waals surface area contributed by atoms with Crippen molar-refractivity contribution in [2.75, 3.05) is 0 Å². The molecule has 4 nitrogen and oxygen atoms in total. The molecule has 0 saturated carbocycles. The summed E-state index contributed by atoms with van der Waals surface area (Å²) in [6.07, 6.45) is 0. The fourth-order valence-corrected chi connectivity index (χ4v) is 2.22. The first-order chi connectivity index (χ1) is 9.21. The number of aromatic hydroxyl groups is 1. The Hall–Kier alpha value is -2.10. The van der Waals surface area contributed by atoms with Crippen molar-refractivity contribution in [2.24, 2.45) is 7.05 Å². The summed E-state index contributed by atoms with van der Waals surface area (Å²) >= 11 is 0. The van der Waals surface area contributed by atoms with Crippen LogP contribution in [0, 0.1) is 5.41 Å². The highest BCUT2D eigenvalue weighted by atomic mass is 16.3. The number of hydrogen-bond acceptors (Lipinski definition) is 3. The van der Waals surface area contributed by atoms with Crippen LogP contribution in [0.3, 0.4) is 0 Å². The fourth-order valence-electron chi connectivity index (χ4n) is 2.22. The third-order valence-corrected chi connectivity index (χ3v) is 3.40. The largest absolute Gasteiger partial charge is 0.504 e. The Morgan fingerprint density at radius 3 is 2.15 bits per heavy atom. The van der Waals surface area contributed by atoms with Crippen LogP contribution in [0.5, 0.6) is 5.75 Å². The molecule has 0 atom stereocenters. The second-order valence-corrected chi connectivity index (χ2v) is 6.12. The third kappa shape index (κ3) is 2.46. The first kappa shape index (κ1) is 14.3. The molecule has 1 heterocycles. The number of nitrogens with zero attached hydrogens (tertiary/aromatic N) is 2. The first-order valence-corrected chi connectivity index (χ1v) is 6.64. The van der Waals surface area contributed by atoms with Crippen LogP contribution in [0.15, 0.2) is 24.3 Å². The van der Waals surface area contributed by atoms with Crippen LogP contribution in [-0.4, -0.2) is 20.6 Å². The van der Waals surface area contributed by atoms with Gasteiger partial charge < -0.3 is 10.5 Å². The van der Waals surface area contributed by atoms with E-state index >= 15 is 0 Å². The number of aromatic nitrogens is 2. The van der Waals surface area contributed by atoms with Crippen LogP contribution in [-0.2, 0) is 12.5 Å². The van der Waals surface area contributed by atoms with Crippen molar-refractivity contribution >= 4 is 5.71 Å². The van der Waals surface area contributed by atoms with Crippen LogP contribution < -0.4 is 0 Å². The van der Waals surface area contributed by atoms with Gasteiger partial charge in [-0.1, -0.05) is 45.0 Å². The highest BCUT2D eigenvalue weighted by Crippen LogP contribution is 2.33. The van der Waals surface area contributed by atoms with E-state index in [2.05, 4.69) is 38.0 Å². The smallest absolute Gasteiger partial charge is 0.171 e. The zero-order chi connectivity index (χ0) is 15.1. The summed E-state index contributed by atoms with van der Waals surface area (Å²) < 4.78 is 1.62. The SMILES string of the molecule is CC(=N)c1nn(C)c(-c2ccc(C(C)(C)C)cc2)c1O. The van der Waals surface area contributed by atoms with Crippen molar-refractivity contribution in [3.05, 3.63) is 35.5 Å². The molecule has 0 aliphatic heterocycles. The lowest BCUT2D eigenvalue weighted by atomic mass is 9.86. The summed E-state index contributed by atoms with van der Waals surface area (Å²) in [7, 11) is 1.78. The Morgan fingerprint density at radius 2 is 1.75 bits per heavy atom. The summed E-state index contributed by atoms with van der Waals surface area (Å²) in [5.41, 5.74) is 3.48. The molecule has 0 aliphatic rings. The van der Waals surface area contributed by atoms with E-state index in [0.717, 1.165) is 5.56 Å². The van der Waals surface area contributed by atoms with Gasteiger partial charge >= 0.3 is 0 Å². The van der Waals surface area contributed by atoms with Crippen molar-refractivity contribution in [2.45, 2.75) is 33.1 Å².